The van der Waals surface area contributed by atoms with Crippen molar-refractivity contribution in [2.45, 2.75) is 97.8 Å². The van der Waals surface area contributed by atoms with Crippen molar-refractivity contribution < 1.29 is 0 Å². The molecule has 0 amide bonds. The summed E-state index contributed by atoms with van der Waals surface area (Å²) in [6.07, 6.45) is 22.4. The van der Waals surface area contributed by atoms with E-state index in [0.29, 0.717) is 0 Å². The molecule has 0 fully saturated rings. The molecule has 0 aliphatic rings. The van der Waals surface area contributed by atoms with Crippen molar-refractivity contribution in [3.05, 3.63) is 37.0 Å². The van der Waals surface area contributed by atoms with Crippen LogP contribution in [0.15, 0.2) is 37.0 Å². The number of unbranched alkanes of at least 4 members (excludes halogenated alkanes) is 6. The molecule has 0 spiro atoms. The van der Waals surface area contributed by atoms with Gasteiger partial charge in [0.15, 0.2) is 0 Å². The first-order valence-corrected chi connectivity index (χ1v) is 10.0. The topological polar surface area (TPSA) is 0 Å². The number of hydrogen-bond acceptors (Lipinski definition) is 0. The van der Waals surface area contributed by atoms with Crippen molar-refractivity contribution in [2.24, 2.45) is 11.8 Å². The molecule has 0 saturated carbocycles. The van der Waals surface area contributed by atoms with Gasteiger partial charge in [0.2, 0.25) is 0 Å². The summed E-state index contributed by atoms with van der Waals surface area (Å²) in [6, 6.07) is 0. The van der Waals surface area contributed by atoms with Gasteiger partial charge in [0.1, 0.15) is 0 Å². The van der Waals surface area contributed by atoms with E-state index in [1.165, 1.54) is 64.2 Å². The first-order valence-electron chi connectivity index (χ1n) is 10.0. The molecule has 0 saturated heterocycles. The number of allylic oxidation sites excluding steroid dienone is 4. The molecule has 0 aromatic rings. The molecule has 0 aliphatic heterocycles. The predicted molar refractivity (Wildman–Crippen MR) is 108 cm³/mol. The van der Waals surface area contributed by atoms with Crippen LogP contribution in [0.2, 0.25) is 0 Å². The fourth-order valence-electron chi connectivity index (χ4n) is 3.17. The maximum absolute atomic E-state index is 3.89. The Hall–Kier alpha value is -0.780. The predicted octanol–water partition coefficient (Wildman–Crippen LogP) is 8.26. The Balaban J connectivity index is 4.20. The summed E-state index contributed by atoms with van der Waals surface area (Å²) < 4.78 is 0. The lowest BCUT2D eigenvalue weighted by molar-refractivity contribution is 0.510. The molecule has 0 rings (SSSR count). The average molecular weight is 319 g/mol. The van der Waals surface area contributed by atoms with Crippen molar-refractivity contribution in [3.63, 3.8) is 0 Å². The number of rotatable bonds is 16. The van der Waals surface area contributed by atoms with Crippen LogP contribution in [0.3, 0.4) is 0 Å². The lowest BCUT2D eigenvalue weighted by atomic mass is 9.91. The van der Waals surface area contributed by atoms with Crippen LogP contribution >= 0.6 is 0 Å². The van der Waals surface area contributed by atoms with Crippen LogP contribution in [0, 0.1) is 11.8 Å². The zero-order valence-corrected chi connectivity index (χ0v) is 16.3. The van der Waals surface area contributed by atoms with E-state index < -0.39 is 0 Å². The van der Waals surface area contributed by atoms with Crippen LogP contribution in [-0.4, -0.2) is 0 Å². The second-order valence-electron chi connectivity index (χ2n) is 7.42. The Morgan fingerprint density at radius 2 is 1.48 bits per heavy atom. The van der Waals surface area contributed by atoms with Crippen molar-refractivity contribution in [2.75, 3.05) is 0 Å². The molecule has 0 heterocycles. The first-order chi connectivity index (χ1) is 11.1. The van der Waals surface area contributed by atoms with E-state index in [-0.39, 0.29) is 0 Å². The SMILES string of the molecule is C=CCC(C)CCC(=CCCCCCCCC)CC(C)CC=C. The smallest absolute Gasteiger partial charge is 0.0291 e. The van der Waals surface area contributed by atoms with Crippen LogP contribution in [0.5, 0.6) is 0 Å². The largest absolute Gasteiger partial charge is 0.103 e. The highest BCUT2D eigenvalue weighted by atomic mass is 14.1. The molecule has 0 heteroatoms. The second-order valence-corrected chi connectivity index (χ2v) is 7.42. The van der Waals surface area contributed by atoms with E-state index in [9.17, 15) is 0 Å². The summed E-state index contributed by atoms with van der Waals surface area (Å²) in [6.45, 7) is 14.7. The van der Waals surface area contributed by atoms with E-state index in [4.69, 9.17) is 0 Å². The van der Waals surface area contributed by atoms with Crippen molar-refractivity contribution >= 4 is 0 Å². The summed E-state index contributed by atoms with van der Waals surface area (Å²) in [5.74, 6) is 1.50. The Labute approximate surface area is 147 Å². The van der Waals surface area contributed by atoms with E-state index >= 15 is 0 Å². The Bertz CT molecular complexity index is 310. The molecule has 2 unspecified atom stereocenters. The molecule has 0 bridgehead atoms. The Kier molecular flexibility index (Phi) is 15.5. The maximum atomic E-state index is 3.89. The van der Waals surface area contributed by atoms with E-state index in [1.807, 2.05) is 0 Å². The van der Waals surface area contributed by atoms with Gasteiger partial charge in [0.25, 0.3) is 0 Å². The fraction of sp³-hybridized carbons (Fsp3) is 0.739. The molecule has 23 heavy (non-hydrogen) atoms. The maximum Gasteiger partial charge on any atom is -0.0291 e. The van der Waals surface area contributed by atoms with Gasteiger partial charge in [-0.05, 0) is 56.8 Å². The van der Waals surface area contributed by atoms with E-state index in [1.54, 1.807) is 5.57 Å². The van der Waals surface area contributed by atoms with Gasteiger partial charge in [-0.25, -0.2) is 0 Å². The molecule has 0 aromatic heterocycles. The van der Waals surface area contributed by atoms with Gasteiger partial charge >= 0.3 is 0 Å². The zero-order valence-electron chi connectivity index (χ0n) is 16.3. The molecule has 0 aliphatic carbocycles. The highest BCUT2D eigenvalue weighted by Gasteiger charge is 2.07. The summed E-state index contributed by atoms with van der Waals surface area (Å²) in [4.78, 5) is 0. The standard InChI is InChI=1S/C23H42/c1-6-9-10-11-12-13-14-17-23(20-22(5)16-8-3)19-18-21(4)15-7-2/h7-8,17,21-22H,2-3,6,9-16,18-20H2,1,4-5H3. The van der Waals surface area contributed by atoms with Crippen LogP contribution in [0.4, 0.5) is 0 Å². The number of hydrogen-bond donors (Lipinski definition) is 0. The molecule has 0 aromatic carbocycles. The van der Waals surface area contributed by atoms with E-state index in [0.717, 1.165) is 24.7 Å². The minimum atomic E-state index is 0.734. The molecule has 0 N–H and O–H groups in total. The van der Waals surface area contributed by atoms with Crippen molar-refractivity contribution in [1.29, 1.82) is 0 Å². The normalized spacial score (nSPS) is 14.5. The Morgan fingerprint density at radius 3 is 2.13 bits per heavy atom. The van der Waals surface area contributed by atoms with E-state index in [2.05, 4.69) is 52.2 Å². The van der Waals surface area contributed by atoms with Gasteiger partial charge in [-0.3, -0.25) is 0 Å². The molecule has 0 radical (unpaired) electrons. The van der Waals surface area contributed by atoms with Crippen molar-refractivity contribution in [1.82, 2.24) is 0 Å². The van der Waals surface area contributed by atoms with Gasteiger partial charge in [-0.2, -0.15) is 0 Å². The third-order valence-electron chi connectivity index (χ3n) is 4.70. The summed E-state index contributed by atoms with van der Waals surface area (Å²) in [5, 5.41) is 0. The van der Waals surface area contributed by atoms with Crippen LogP contribution < -0.4 is 0 Å². The lowest BCUT2D eigenvalue weighted by Gasteiger charge is -2.15. The summed E-state index contributed by atoms with van der Waals surface area (Å²) >= 11 is 0. The van der Waals surface area contributed by atoms with Gasteiger partial charge < -0.3 is 0 Å². The first kappa shape index (κ1) is 22.2. The molecular formula is C23H42. The minimum absolute atomic E-state index is 0.734. The zero-order chi connectivity index (χ0) is 17.3. The average Bonchev–Trinajstić information content (AvgIpc) is 2.52. The van der Waals surface area contributed by atoms with Gasteiger partial charge in [-0.15, -0.1) is 13.2 Å². The van der Waals surface area contributed by atoms with Gasteiger partial charge in [0, 0.05) is 0 Å². The van der Waals surface area contributed by atoms with Crippen LogP contribution in [0.1, 0.15) is 97.8 Å². The molecule has 134 valence electrons. The quantitative estimate of drug-likeness (QED) is 0.198. The fourth-order valence-corrected chi connectivity index (χ4v) is 3.17. The lowest BCUT2D eigenvalue weighted by Crippen LogP contribution is -1.99. The van der Waals surface area contributed by atoms with Crippen molar-refractivity contribution in [3.8, 4) is 0 Å². The van der Waals surface area contributed by atoms with Crippen LogP contribution in [0.25, 0.3) is 0 Å². The highest BCUT2D eigenvalue weighted by Crippen LogP contribution is 2.23. The molecule has 0 nitrogen and oxygen atoms in total. The second kappa shape index (κ2) is 16.1. The summed E-state index contributed by atoms with van der Waals surface area (Å²) in [7, 11) is 0. The van der Waals surface area contributed by atoms with Gasteiger partial charge in [-0.1, -0.05) is 76.7 Å². The van der Waals surface area contributed by atoms with Crippen LogP contribution in [-0.2, 0) is 0 Å². The third-order valence-corrected chi connectivity index (χ3v) is 4.70. The minimum Gasteiger partial charge on any atom is -0.103 e. The molecule has 2 atom stereocenters. The van der Waals surface area contributed by atoms with Gasteiger partial charge in [0.05, 0.1) is 0 Å². The molecular weight excluding hydrogens is 276 g/mol. The summed E-state index contributed by atoms with van der Waals surface area (Å²) in [5.41, 5.74) is 1.68. The Morgan fingerprint density at radius 1 is 0.870 bits per heavy atom. The third kappa shape index (κ3) is 14.5. The monoisotopic (exact) mass is 318 g/mol. The highest BCUT2D eigenvalue weighted by molar-refractivity contribution is 5.04.